The summed E-state index contributed by atoms with van der Waals surface area (Å²) in [5, 5.41) is 4.71. The Labute approximate surface area is 147 Å². The molecule has 2 aromatic carbocycles. The number of hydrogen-bond donors (Lipinski definition) is 0. The van der Waals surface area contributed by atoms with Gasteiger partial charge in [0.05, 0.1) is 0 Å². The fourth-order valence-electron chi connectivity index (χ4n) is 3.86. The molecule has 0 nitrogen and oxygen atoms in total. The maximum absolute atomic E-state index is 2.53. The van der Waals surface area contributed by atoms with Crippen molar-refractivity contribution in [2.45, 2.75) is 32.6 Å². The molecule has 126 valence electrons. The molecule has 0 aromatic heterocycles. The van der Waals surface area contributed by atoms with E-state index in [2.05, 4.69) is 92.5 Å². The average molecular weight is 336 g/mol. The Morgan fingerprint density at radius 1 is 0.917 bits per heavy atom. The third-order valence-corrected chi connectivity index (χ3v) is 10.1. The molecule has 0 heterocycles. The van der Waals surface area contributed by atoms with Crippen LogP contribution in [-0.2, 0) is 0 Å². The minimum absolute atomic E-state index is 0.712. The zero-order valence-electron chi connectivity index (χ0n) is 14.9. The van der Waals surface area contributed by atoms with Crippen LogP contribution >= 0.6 is 7.26 Å². The standard InChI is InChI=1S/C23H29P/c1-3-4-12-20-13-11-18-23(19-20)24(2,21-14-7-5-8-15-21)22-16-9-6-10-17-22/h5-11,13-18,20,24H,3-4,12,19H2,1-2H3. The van der Waals surface area contributed by atoms with E-state index >= 15 is 0 Å². The van der Waals surface area contributed by atoms with Crippen LogP contribution in [0.1, 0.15) is 32.6 Å². The molecular weight excluding hydrogens is 307 g/mol. The van der Waals surface area contributed by atoms with E-state index in [1.807, 2.05) is 0 Å². The first kappa shape index (κ1) is 17.2. The summed E-state index contributed by atoms with van der Waals surface area (Å²) in [5.74, 6) is 0.712. The van der Waals surface area contributed by atoms with Crippen molar-refractivity contribution in [2.75, 3.05) is 6.66 Å². The van der Waals surface area contributed by atoms with Crippen LogP contribution in [0.25, 0.3) is 0 Å². The summed E-state index contributed by atoms with van der Waals surface area (Å²) in [6.45, 7) is 4.82. The fourth-order valence-corrected chi connectivity index (χ4v) is 7.76. The summed E-state index contributed by atoms with van der Waals surface area (Å²) in [6, 6.07) is 22.4. The van der Waals surface area contributed by atoms with E-state index in [0.29, 0.717) is 5.92 Å². The zero-order valence-corrected chi connectivity index (χ0v) is 15.9. The van der Waals surface area contributed by atoms with Gasteiger partial charge in [0, 0.05) is 0 Å². The van der Waals surface area contributed by atoms with Crippen molar-refractivity contribution in [1.29, 1.82) is 0 Å². The van der Waals surface area contributed by atoms with Gasteiger partial charge in [-0.2, -0.15) is 0 Å². The predicted molar refractivity (Wildman–Crippen MR) is 111 cm³/mol. The topological polar surface area (TPSA) is 0 Å². The van der Waals surface area contributed by atoms with Crippen LogP contribution in [0.4, 0.5) is 0 Å². The van der Waals surface area contributed by atoms with Crippen molar-refractivity contribution in [3.8, 4) is 0 Å². The second-order valence-corrected chi connectivity index (χ2v) is 11.1. The second kappa shape index (κ2) is 7.95. The number of benzene rings is 2. The molecule has 0 amide bonds. The van der Waals surface area contributed by atoms with Crippen molar-refractivity contribution in [3.05, 3.63) is 84.2 Å². The SMILES string of the molecule is CCCCC1C=CC=C([PH](C)(c2ccccc2)c2ccccc2)C1. The Hall–Kier alpha value is -1.65. The van der Waals surface area contributed by atoms with Gasteiger partial charge in [-0.15, -0.1) is 0 Å². The van der Waals surface area contributed by atoms with Gasteiger partial charge in [0.25, 0.3) is 0 Å². The molecule has 0 fully saturated rings. The molecule has 1 heteroatoms. The summed E-state index contributed by atoms with van der Waals surface area (Å²) < 4.78 is 0. The third-order valence-electron chi connectivity index (χ3n) is 5.44. The third kappa shape index (κ3) is 3.55. The zero-order chi connectivity index (χ0) is 16.8. The van der Waals surface area contributed by atoms with E-state index in [1.54, 1.807) is 5.31 Å². The number of unbranched alkanes of at least 4 members (excludes halogenated alkanes) is 1. The normalized spacial score (nSPS) is 18.2. The van der Waals surface area contributed by atoms with E-state index in [4.69, 9.17) is 0 Å². The molecule has 0 bridgehead atoms. The van der Waals surface area contributed by atoms with Crippen LogP contribution in [0.5, 0.6) is 0 Å². The van der Waals surface area contributed by atoms with E-state index in [-0.39, 0.29) is 0 Å². The molecule has 1 atom stereocenters. The van der Waals surface area contributed by atoms with E-state index < -0.39 is 7.26 Å². The number of hydrogen-bond acceptors (Lipinski definition) is 0. The molecule has 0 saturated heterocycles. The van der Waals surface area contributed by atoms with E-state index in [1.165, 1.54) is 36.3 Å². The van der Waals surface area contributed by atoms with Gasteiger partial charge in [-0.05, 0) is 0 Å². The van der Waals surface area contributed by atoms with Crippen LogP contribution in [-0.4, -0.2) is 6.66 Å². The van der Waals surface area contributed by atoms with Crippen molar-refractivity contribution in [1.82, 2.24) is 0 Å². The Morgan fingerprint density at radius 2 is 1.50 bits per heavy atom. The fraction of sp³-hybridized carbons (Fsp3) is 0.304. The summed E-state index contributed by atoms with van der Waals surface area (Å²) in [5.41, 5.74) is 0. The van der Waals surface area contributed by atoms with Crippen LogP contribution in [0.3, 0.4) is 0 Å². The van der Waals surface area contributed by atoms with Crippen LogP contribution < -0.4 is 10.6 Å². The molecule has 0 N–H and O–H groups in total. The quantitative estimate of drug-likeness (QED) is 0.596. The molecule has 2 aromatic rings. The first-order chi connectivity index (χ1) is 11.7. The van der Waals surface area contributed by atoms with Crippen molar-refractivity contribution in [2.24, 2.45) is 5.92 Å². The molecule has 1 unspecified atom stereocenters. The molecule has 0 aliphatic heterocycles. The second-order valence-electron chi connectivity index (χ2n) is 7.04. The Kier molecular flexibility index (Phi) is 5.69. The molecule has 1 aliphatic carbocycles. The predicted octanol–water partition coefficient (Wildman–Crippen LogP) is 5.67. The van der Waals surface area contributed by atoms with Gasteiger partial charge in [0.2, 0.25) is 0 Å². The summed E-state index contributed by atoms with van der Waals surface area (Å²) in [6.07, 6.45) is 12.3. The number of allylic oxidation sites excluding steroid dienone is 4. The van der Waals surface area contributed by atoms with Gasteiger partial charge < -0.3 is 0 Å². The van der Waals surface area contributed by atoms with Gasteiger partial charge in [-0.25, -0.2) is 0 Å². The van der Waals surface area contributed by atoms with Crippen molar-refractivity contribution in [3.63, 3.8) is 0 Å². The van der Waals surface area contributed by atoms with Gasteiger partial charge in [-0.3, -0.25) is 0 Å². The minimum atomic E-state index is -1.87. The first-order valence-corrected chi connectivity index (χ1v) is 11.7. The van der Waals surface area contributed by atoms with E-state index in [0.717, 1.165) is 0 Å². The molecule has 0 radical (unpaired) electrons. The van der Waals surface area contributed by atoms with Crippen molar-refractivity contribution >= 4 is 17.9 Å². The molecule has 0 saturated carbocycles. The first-order valence-electron chi connectivity index (χ1n) is 9.24. The summed E-state index contributed by atoms with van der Waals surface area (Å²) in [7, 11) is -1.87. The van der Waals surface area contributed by atoms with Crippen molar-refractivity contribution < 1.29 is 0 Å². The van der Waals surface area contributed by atoms with Crippen LogP contribution in [0.2, 0.25) is 0 Å². The van der Waals surface area contributed by atoms with E-state index in [9.17, 15) is 0 Å². The Morgan fingerprint density at radius 3 is 2.04 bits per heavy atom. The maximum atomic E-state index is 2.53. The molecule has 3 rings (SSSR count). The molecule has 24 heavy (non-hydrogen) atoms. The van der Waals surface area contributed by atoms with Gasteiger partial charge >= 0.3 is 147 Å². The summed E-state index contributed by atoms with van der Waals surface area (Å²) in [4.78, 5) is 0. The van der Waals surface area contributed by atoms with Gasteiger partial charge in [0.1, 0.15) is 0 Å². The Bertz CT molecular complexity index is 658. The van der Waals surface area contributed by atoms with Gasteiger partial charge in [0.15, 0.2) is 0 Å². The average Bonchev–Trinajstić information content (AvgIpc) is 2.67. The summed E-state index contributed by atoms with van der Waals surface area (Å²) >= 11 is 0. The molecular formula is C23H29P. The van der Waals surface area contributed by atoms with Gasteiger partial charge in [-0.1, -0.05) is 0 Å². The van der Waals surface area contributed by atoms with Crippen LogP contribution in [0, 0.1) is 5.92 Å². The molecule has 1 aliphatic rings. The Balaban J connectivity index is 2.00. The molecule has 0 spiro atoms. The number of rotatable bonds is 6. The monoisotopic (exact) mass is 336 g/mol. The van der Waals surface area contributed by atoms with Crippen LogP contribution in [0.15, 0.2) is 84.2 Å².